The lowest BCUT2D eigenvalue weighted by Crippen LogP contribution is -2.47. The molecule has 1 aromatic rings. The molecule has 1 aliphatic rings. The van der Waals surface area contributed by atoms with Crippen molar-refractivity contribution in [2.24, 2.45) is 5.41 Å². The van der Waals surface area contributed by atoms with Gasteiger partial charge in [-0.05, 0) is 32.9 Å². The topological polar surface area (TPSA) is 45.9 Å². The Morgan fingerprint density at radius 3 is 2.53 bits per heavy atom. The Morgan fingerprint density at radius 2 is 2.00 bits per heavy atom. The minimum absolute atomic E-state index is 0.174. The number of rotatable bonds is 3. The second kappa shape index (κ2) is 5.75. The van der Waals surface area contributed by atoms with Gasteiger partial charge in [-0.2, -0.15) is 0 Å². The summed E-state index contributed by atoms with van der Waals surface area (Å²) in [4.78, 5) is 19.5. The summed E-state index contributed by atoms with van der Waals surface area (Å²) < 4.78 is 5.33. The predicted molar refractivity (Wildman–Crippen MR) is 71.1 cm³/mol. The molecule has 1 saturated heterocycles. The molecule has 0 spiro atoms. The molecule has 0 saturated carbocycles. The minimum atomic E-state index is -0.453. The van der Waals surface area contributed by atoms with Crippen LogP contribution in [0.3, 0.4) is 0 Å². The first-order chi connectivity index (χ1) is 8.95. The van der Waals surface area contributed by atoms with Gasteiger partial charge in [0.15, 0.2) is 0 Å². The Balaban J connectivity index is 1.75. The lowest BCUT2D eigenvalue weighted by molar-refractivity contribution is -0.207. The molecule has 2 rings (SSSR count). The molecule has 19 heavy (non-hydrogen) atoms. The largest absolute Gasteiger partial charge is 0.468 e. The van der Waals surface area contributed by atoms with Gasteiger partial charge in [0.05, 0.1) is 18.2 Å². The fourth-order valence-electron chi connectivity index (χ4n) is 1.86. The highest BCUT2D eigenvalue weighted by Crippen LogP contribution is 2.17. The van der Waals surface area contributed by atoms with E-state index in [-0.39, 0.29) is 5.97 Å². The molecule has 0 N–H and O–H groups in total. The molecule has 0 unspecified atom stereocenters. The van der Waals surface area contributed by atoms with E-state index in [9.17, 15) is 4.79 Å². The van der Waals surface area contributed by atoms with Crippen LogP contribution in [0, 0.1) is 5.41 Å². The lowest BCUT2D eigenvalue weighted by Gasteiger charge is -2.34. The second-order valence-corrected chi connectivity index (χ2v) is 5.91. The molecule has 5 nitrogen and oxygen atoms in total. The number of hydrogen-bond acceptors (Lipinski definition) is 5. The Hall–Kier alpha value is -1.33. The van der Waals surface area contributed by atoms with Crippen molar-refractivity contribution < 1.29 is 14.0 Å². The Kier molecular flexibility index (Phi) is 4.27. The third-order valence-corrected chi connectivity index (χ3v) is 3.12. The summed E-state index contributed by atoms with van der Waals surface area (Å²) in [6.45, 7) is 9.63. The van der Waals surface area contributed by atoms with Crippen LogP contribution in [0.5, 0.6) is 0 Å². The van der Waals surface area contributed by atoms with Crippen LogP contribution < -0.4 is 0 Å². The van der Waals surface area contributed by atoms with Crippen LogP contribution in [0.1, 0.15) is 26.5 Å². The van der Waals surface area contributed by atoms with Gasteiger partial charge in [0.1, 0.15) is 5.76 Å². The van der Waals surface area contributed by atoms with Gasteiger partial charge in [0.25, 0.3) is 0 Å². The third kappa shape index (κ3) is 4.08. The molecule has 0 amide bonds. The third-order valence-electron chi connectivity index (χ3n) is 3.12. The zero-order chi connectivity index (χ0) is 13.9. The molecule has 2 heterocycles. The van der Waals surface area contributed by atoms with E-state index in [1.807, 2.05) is 32.9 Å². The number of nitrogens with zero attached hydrogens (tertiary/aromatic N) is 2. The van der Waals surface area contributed by atoms with Crippen LogP contribution in [0.15, 0.2) is 22.8 Å². The highest BCUT2D eigenvalue weighted by Gasteiger charge is 2.27. The van der Waals surface area contributed by atoms with Gasteiger partial charge in [-0.3, -0.25) is 4.90 Å². The van der Waals surface area contributed by atoms with E-state index in [2.05, 4.69) is 4.90 Å². The first kappa shape index (κ1) is 14.1. The fraction of sp³-hybridized carbons (Fsp3) is 0.643. The summed E-state index contributed by atoms with van der Waals surface area (Å²) in [6.07, 6.45) is 1.69. The molecule has 1 aromatic heterocycles. The highest BCUT2D eigenvalue weighted by molar-refractivity contribution is 5.75. The molecule has 5 heteroatoms. The van der Waals surface area contributed by atoms with Gasteiger partial charge in [0, 0.05) is 26.2 Å². The molecule has 0 aliphatic carbocycles. The Labute approximate surface area is 114 Å². The zero-order valence-corrected chi connectivity index (χ0v) is 11.9. The number of carbonyl (C=O) groups excluding carboxylic acids is 1. The molecule has 0 radical (unpaired) electrons. The molecule has 1 fully saturated rings. The van der Waals surface area contributed by atoms with Crippen molar-refractivity contribution in [3.05, 3.63) is 24.2 Å². The van der Waals surface area contributed by atoms with E-state index >= 15 is 0 Å². The van der Waals surface area contributed by atoms with E-state index < -0.39 is 5.41 Å². The van der Waals surface area contributed by atoms with Gasteiger partial charge in [-0.25, -0.2) is 4.79 Å². The smallest absolute Gasteiger partial charge is 0.330 e. The summed E-state index contributed by atoms with van der Waals surface area (Å²) in [5.74, 6) is 0.798. The minimum Gasteiger partial charge on any atom is -0.468 e. The van der Waals surface area contributed by atoms with Gasteiger partial charge in [-0.1, -0.05) is 0 Å². The molecule has 1 aliphatic heterocycles. The zero-order valence-electron chi connectivity index (χ0n) is 11.9. The normalized spacial score (nSPS) is 18.5. The van der Waals surface area contributed by atoms with Gasteiger partial charge >= 0.3 is 5.97 Å². The van der Waals surface area contributed by atoms with Crippen molar-refractivity contribution in [2.45, 2.75) is 27.3 Å². The maximum Gasteiger partial charge on any atom is 0.330 e. The predicted octanol–water partition coefficient (Wildman–Crippen LogP) is 1.90. The van der Waals surface area contributed by atoms with Crippen LogP contribution in [0.2, 0.25) is 0 Å². The molecule has 0 bridgehead atoms. The molecule has 0 aromatic carbocycles. The maximum absolute atomic E-state index is 11.8. The maximum atomic E-state index is 11.8. The van der Waals surface area contributed by atoms with Crippen molar-refractivity contribution in [1.29, 1.82) is 0 Å². The molecular formula is C14H22N2O3. The summed E-state index contributed by atoms with van der Waals surface area (Å²) in [5.41, 5.74) is -0.453. The van der Waals surface area contributed by atoms with E-state index in [1.54, 1.807) is 11.3 Å². The van der Waals surface area contributed by atoms with Crippen molar-refractivity contribution in [3.8, 4) is 0 Å². The van der Waals surface area contributed by atoms with Crippen molar-refractivity contribution in [2.75, 3.05) is 26.2 Å². The first-order valence-corrected chi connectivity index (χ1v) is 6.67. The van der Waals surface area contributed by atoms with Crippen molar-refractivity contribution in [1.82, 2.24) is 9.96 Å². The highest BCUT2D eigenvalue weighted by atomic mass is 16.7. The van der Waals surface area contributed by atoms with Crippen LogP contribution >= 0.6 is 0 Å². The number of hydroxylamine groups is 2. The fourth-order valence-corrected chi connectivity index (χ4v) is 1.86. The SMILES string of the molecule is CC(C)(C)C(=O)ON1CCN(Cc2ccco2)CC1. The number of furan rings is 1. The standard InChI is InChI=1S/C14H22N2O3/c1-14(2,3)13(17)19-16-8-6-15(7-9-16)11-12-5-4-10-18-12/h4-5,10H,6-9,11H2,1-3H3. The van der Waals surface area contributed by atoms with E-state index in [0.29, 0.717) is 0 Å². The Bertz CT molecular complexity index is 401. The van der Waals surface area contributed by atoms with E-state index in [4.69, 9.17) is 9.25 Å². The van der Waals surface area contributed by atoms with E-state index in [1.165, 1.54) is 0 Å². The van der Waals surface area contributed by atoms with Gasteiger partial charge in [0.2, 0.25) is 0 Å². The van der Waals surface area contributed by atoms with Gasteiger partial charge < -0.3 is 9.25 Å². The van der Waals surface area contributed by atoms with Crippen LogP contribution in [-0.2, 0) is 16.2 Å². The summed E-state index contributed by atoms with van der Waals surface area (Å²) in [7, 11) is 0. The summed E-state index contributed by atoms with van der Waals surface area (Å²) in [6, 6.07) is 3.88. The first-order valence-electron chi connectivity index (χ1n) is 6.67. The monoisotopic (exact) mass is 266 g/mol. The van der Waals surface area contributed by atoms with Crippen LogP contribution in [0.4, 0.5) is 0 Å². The van der Waals surface area contributed by atoms with Crippen molar-refractivity contribution in [3.63, 3.8) is 0 Å². The van der Waals surface area contributed by atoms with Crippen LogP contribution in [-0.4, -0.2) is 42.1 Å². The lowest BCUT2D eigenvalue weighted by atomic mass is 9.98. The molecule has 106 valence electrons. The second-order valence-electron chi connectivity index (χ2n) is 5.91. The number of hydrogen-bond donors (Lipinski definition) is 0. The van der Waals surface area contributed by atoms with Gasteiger partial charge in [-0.15, -0.1) is 5.06 Å². The quantitative estimate of drug-likeness (QED) is 0.836. The molecule has 0 atom stereocenters. The number of piperazine rings is 1. The van der Waals surface area contributed by atoms with Crippen molar-refractivity contribution >= 4 is 5.97 Å². The average molecular weight is 266 g/mol. The number of carbonyl (C=O) groups is 1. The summed E-state index contributed by atoms with van der Waals surface area (Å²) >= 11 is 0. The summed E-state index contributed by atoms with van der Waals surface area (Å²) in [5, 5.41) is 1.76. The van der Waals surface area contributed by atoms with Crippen LogP contribution in [0.25, 0.3) is 0 Å². The Morgan fingerprint density at radius 1 is 1.32 bits per heavy atom. The van der Waals surface area contributed by atoms with E-state index in [0.717, 1.165) is 38.5 Å². The molecular weight excluding hydrogens is 244 g/mol. The average Bonchev–Trinajstić information content (AvgIpc) is 2.83.